The van der Waals surface area contributed by atoms with E-state index in [0.29, 0.717) is 5.92 Å². The first kappa shape index (κ1) is 17.2. The number of hydrogen-bond donors (Lipinski definition) is 2. The molecule has 0 bridgehead atoms. The van der Waals surface area contributed by atoms with Crippen molar-refractivity contribution >= 4 is 34.3 Å². The summed E-state index contributed by atoms with van der Waals surface area (Å²) in [4.78, 5) is 14.3. The number of nitrogens with zero attached hydrogens (tertiary/aromatic N) is 1. The first-order chi connectivity index (χ1) is 11.6. The van der Waals surface area contributed by atoms with Gasteiger partial charge >= 0.3 is 6.03 Å². The lowest BCUT2D eigenvalue weighted by Gasteiger charge is -2.25. The Morgan fingerprint density at radius 2 is 1.88 bits per heavy atom. The molecule has 4 nitrogen and oxygen atoms in total. The summed E-state index contributed by atoms with van der Waals surface area (Å²) in [5.74, 6) is 0.511. The Hall–Kier alpha value is -1.60. The van der Waals surface area contributed by atoms with Crippen LogP contribution in [-0.4, -0.2) is 30.2 Å². The molecule has 1 fully saturated rings. The maximum atomic E-state index is 12.1. The maximum absolute atomic E-state index is 12.1. The largest absolute Gasteiger partial charge is 0.322 e. The molecule has 2 aromatic carbocycles. The van der Waals surface area contributed by atoms with E-state index in [2.05, 4.69) is 69.3 Å². The zero-order chi connectivity index (χ0) is 16.9. The molecule has 2 amide bonds. The van der Waals surface area contributed by atoms with E-state index < -0.39 is 0 Å². The molecule has 1 heterocycles. The fourth-order valence-corrected chi connectivity index (χ4v) is 3.37. The van der Waals surface area contributed by atoms with Crippen LogP contribution in [0.4, 0.5) is 10.5 Å². The summed E-state index contributed by atoms with van der Waals surface area (Å²) in [7, 11) is 0. The summed E-state index contributed by atoms with van der Waals surface area (Å²) in [6.45, 7) is 5.96. The highest BCUT2D eigenvalue weighted by Gasteiger charge is 2.27. The standard InChI is InChI=1S/C19H21IN3O/c1-14(21-19(24)22-18-9-7-17(20)8-10-18)23-12-11-16(13-23)15-5-3-2-4-6-15/h2-10,14,16H,1,11-13H2,(H2,21,22,24)/t14-,16?/m0/s1. The Morgan fingerprint density at radius 1 is 1.17 bits per heavy atom. The number of carbonyl (C=O) groups is 1. The van der Waals surface area contributed by atoms with Crippen LogP contribution in [0.25, 0.3) is 0 Å². The highest BCUT2D eigenvalue weighted by Crippen LogP contribution is 2.27. The van der Waals surface area contributed by atoms with Crippen LogP contribution in [0.15, 0.2) is 54.6 Å². The zero-order valence-electron chi connectivity index (χ0n) is 13.4. The molecule has 1 saturated heterocycles. The van der Waals surface area contributed by atoms with Crippen LogP contribution in [0.5, 0.6) is 0 Å². The summed E-state index contributed by atoms with van der Waals surface area (Å²) < 4.78 is 1.14. The number of amides is 2. The number of hydrogen-bond acceptors (Lipinski definition) is 2. The minimum atomic E-state index is -0.234. The third-order valence-corrected chi connectivity index (χ3v) is 5.05. The fourth-order valence-electron chi connectivity index (χ4n) is 3.01. The van der Waals surface area contributed by atoms with Crippen LogP contribution in [-0.2, 0) is 0 Å². The van der Waals surface area contributed by atoms with Crippen molar-refractivity contribution in [3.05, 3.63) is 70.7 Å². The quantitative estimate of drug-likeness (QED) is 0.713. The molecule has 125 valence electrons. The van der Waals surface area contributed by atoms with E-state index in [0.717, 1.165) is 28.8 Å². The van der Waals surface area contributed by atoms with Crippen LogP contribution >= 0.6 is 22.6 Å². The number of urea groups is 1. The van der Waals surface area contributed by atoms with Gasteiger partial charge in [-0.1, -0.05) is 30.3 Å². The fraction of sp³-hybridized carbons (Fsp3) is 0.263. The Labute approximate surface area is 156 Å². The van der Waals surface area contributed by atoms with Crippen LogP contribution in [0, 0.1) is 10.5 Å². The van der Waals surface area contributed by atoms with Gasteiger partial charge in [0, 0.05) is 22.3 Å². The number of rotatable bonds is 4. The second-order valence-electron chi connectivity index (χ2n) is 6.01. The van der Waals surface area contributed by atoms with Gasteiger partial charge in [-0.15, -0.1) is 0 Å². The van der Waals surface area contributed by atoms with Crippen molar-refractivity contribution < 1.29 is 4.79 Å². The zero-order valence-corrected chi connectivity index (χ0v) is 15.6. The molecule has 1 aliphatic rings. The summed E-state index contributed by atoms with van der Waals surface area (Å²) in [5.41, 5.74) is 2.14. The van der Waals surface area contributed by atoms with E-state index in [9.17, 15) is 4.79 Å². The monoisotopic (exact) mass is 434 g/mol. The Bertz CT molecular complexity index is 675. The molecule has 2 atom stereocenters. The average molecular weight is 434 g/mol. The molecule has 3 rings (SSSR count). The lowest BCUT2D eigenvalue weighted by atomic mass is 9.99. The van der Waals surface area contributed by atoms with Crippen molar-refractivity contribution in [1.29, 1.82) is 0 Å². The van der Waals surface area contributed by atoms with Crippen molar-refractivity contribution in [1.82, 2.24) is 10.2 Å². The van der Waals surface area contributed by atoms with Crippen LogP contribution in [0.2, 0.25) is 0 Å². The van der Waals surface area contributed by atoms with Crippen molar-refractivity contribution in [2.24, 2.45) is 0 Å². The molecule has 24 heavy (non-hydrogen) atoms. The molecule has 1 aliphatic heterocycles. The van der Waals surface area contributed by atoms with Gasteiger partial charge in [0.05, 0.1) is 6.17 Å². The normalized spacial score (nSPS) is 19.0. The van der Waals surface area contributed by atoms with Gasteiger partial charge in [-0.05, 0) is 71.7 Å². The highest BCUT2D eigenvalue weighted by atomic mass is 127. The van der Waals surface area contributed by atoms with Crippen molar-refractivity contribution in [2.75, 3.05) is 18.4 Å². The van der Waals surface area contributed by atoms with Gasteiger partial charge in [-0.2, -0.15) is 0 Å². The number of anilines is 1. The highest BCUT2D eigenvalue weighted by molar-refractivity contribution is 14.1. The van der Waals surface area contributed by atoms with E-state index in [1.807, 2.05) is 30.3 Å². The third kappa shape index (κ3) is 4.48. The Balaban J connectivity index is 1.51. The average Bonchev–Trinajstić information content (AvgIpc) is 3.08. The molecule has 5 heteroatoms. The molecule has 0 aromatic heterocycles. The summed E-state index contributed by atoms with van der Waals surface area (Å²) in [6.07, 6.45) is 0.860. The van der Waals surface area contributed by atoms with Gasteiger partial charge in [0.2, 0.25) is 0 Å². The van der Waals surface area contributed by atoms with E-state index in [1.165, 1.54) is 5.56 Å². The van der Waals surface area contributed by atoms with Crippen LogP contribution < -0.4 is 10.6 Å². The SMILES string of the molecule is [CH2][C@@H](NC(=O)Nc1ccc(I)cc1)N1CCC(c2ccccc2)C1. The topological polar surface area (TPSA) is 44.4 Å². The molecule has 2 N–H and O–H groups in total. The molecular formula is C19H21IN3O. The second-order valence-corrected chi connectivity index (χ2v) is 7.26. The number of benzene rings is 2. The predicted molar refractivity (Wildman–Crippen MR) is 106 cm³/mol. The number of likely N-dealkylation sites (tertiary alicyclic amines) is 1. The van der Waals surface area contributed by atoms with Crippen molar-refractivity contribution in [2.45, 2.75) is 18.5 Å². The van der Waals surface area contributed by atoms with E-state index >= 15 is 0 Å². The van der Waals surface area contributed by atoms with Crippen LogP contribution in [0.1, 0.15) is 17.9 Å². The second kappa shape index (κ2) is 7.98. The van der Waals surface area contributed by atoms with Gasteiger partial charge in [-0.3, -0.25) is 4.90 Å². The molecule has 1 radical (unpaired) electrons. The number of nitrogens with one attached hydrogen (secondary N) is 2. The van der Waals surface area contributed by atoms with Gasteiger partial charge in [-0.25, -0.2) is 4.79 Å². The first-order valence-electron chi connectivity index (χ1n) is 8.07. The molecule has 2 aromatic rings. The van der Waals surface area contributed by atoms with Gasteiger partial charge in [0.1, 0.15) is 0 Å². The van der Waals surface area contributed by atoms with Crippen LogP contribution in [0.3, 0.4) is 0 Å². The van der Waals surface area contributed by atoms with Gasteiger partial charge in [0.25, 0.3) is 0 Å². The predicted octanol–water partition coefficient (Wildman–Crippen LogP) is 4.06. The number of halogens is 1. The summed E-state index contributed by atoms with van der Waals surface area (Å²) in [6, 6.07) is 18.0. The lowest BCUT2D eigenvalue weighted by molar-refractivity contribution is 0.219. The van der Waals surface area contributed by atoms with Gasteiger partial charge in [0.15, 0.2) is 0 Å². The molecule has 0 spiro atoms. The smallest absolute Gasteiger partial charge is 0.320 e. The van der Waals surface area contributed by atoms with Crippen molar-refractivity contribution in [3.63, 3.8) is 0 Å². The van der Waals surface area contributed by atoms with Gasteiger partial charge < -0.3 is 10.6 Å². The lowest BCUT2D eigenvalue weighted by Crippen LogP contribution is -2.46. The third-order valence-electron chi connectivity index (χ3n) is 4.33. The first-order valence-corrected chi connectivity index (χ1v) is 9.15. The Kier molecular flexibility index (Phi) is 5.73. The maximum Gasteiger partial charge on any atom is 0.320 e. The number of carbonyl (C=O) groups excluding carboxylic acids is 1. The van der Waals surface area contributed by atoms with E-state index in [1.54, 1.807) is 0 Å². The molecule has 1 unspecified atom stereocenters. The van der Waals surface area contributed by atoms with E-state index in [4.69, 9.17) is 0 Å². The molecule has 0 aliphatic carbocycles. The summed E-state index contributed by atoms with van der Waals surface area (Å²) in [5, 5.41) is 5.77. The van der Waals surface area contributed by atoms with E-state index in [-0.39, 0.29) is 12.2 Å². The minimum Gasteiger partial charge on any atom is -0.322 e. The summed E-state index contributed by atoms with van der Waals surface area (Å²) >= 11 is 2.24. The Morgan fingerprint density at radius 3 is 2.58 bits per heavy atom. The van der Waals surface area contributed by atoms with Crippen molar-refractivity contribution in [3.8, 4) is 0 Å². The molecular weight excluding hydrogens is 413 g/mol. The minimum absolute atomic E-state index is 0.223. The molecule has 0 saturated carbocycles.